The predicted octanol–water partition coefficient (Wildman–Crippen LogP) is -0.708. The number of amides is 3. The number of nitrogens with one attached hydrogen (secondary N) is 1. The molecule has 0 saturated carbocycles. The molecule has 10 heteroatoms. The Kier molecular flexibility index (Phi) is 8.19. The highest BCUT2D eigenvalue weighted by atomic mass is 16.4. The van der Waals surface area contributed by atoms with Crippen molar-refractivity contribution < 1.29 is 29.4 Å². The molecule has 2 rings (SSSR count). The lowest BCUT2D eigenvalue weighted by atomic mass is 10.0. The number of nitrogens with zero attached hydrogens (tertiary/aromatic N) is 2. The lowest BCUT2D eigenvalue weighted by Gasteiger charge is -2.32. The first-order valence-electron chi connectivity index (χ1n) is 10.6. The summed E-state index contributed by atoms with van der Waals surface area (Å²) in [5.41, 5.74) is 5.77. The molecule has 2 aliphatic heterocycles. The summed E-state index contributed by atoms with van der Waals surface area (Å²) in [5.74, 6) is -2.31. The Balaban J connectivity index is 2.10. The predicted molar refractivity (Wildman–Crippen MR) is 108 cm³/mol. The molecule has 5 unspecified atom stereocenters. The van der Waals surface area contributed by atoms with Crippen LogP contribution in [0.25, 0.3) is 0 Å². The number of hydrogen-bond acceptors (Lipinski definition) is 6. The zero-order valence-electron chi connectivity index (χ0n) is 17.9. The molecule has 3 amide bonds. The number of carboxylic acids is 1. The van der Waals surface area contributed by atoms with Crippen LogP contribution in [0, 0.1) is 5.92 Å². The van der Waals surface area contributed by atoms with Gasteiger partial charge >= 0.3 is 5.97 Å². The third-order valence-corrected chi connectivity index (χ3v) is 5.79. The molecule has 0 bridgehead atoms. The second kappa shape index (κ2) is 10.2. The standard InChI is InChI=1S/C20H34N4O6/c1-11(2)10-13(20(29)30)22-17(26)14-6-4-8-23(14)18(27)15-7-5-9-24(15)19(28)16(21)12(3)25/h11-16,25H,4-10,21H2,1-3H3,(H,22,26)(H,29,30). The van der Waals surface area contributed by atoms with Crippen LogP contribution in [0.1, 0.15) is 52.9 Å². The fraction of sp³-hybridized carbons (Fsp3) is 0.800. The number of aliphatic carboxylic acids is 1. The average molecular weight is 427 g/mol. The molecule has 2 saturated heterocycles. The van der Waals surface area contributed by atoms with Crippen LogP contribution < -0.4 is 11.1 Å². The number of likely N-dealkylation sites (tertiary alicyclic amines) is 2. The number of aliphatic hydroxyl groups is 1. The van der Waals surface area contributed by atoms with Gasteiger partial charge in [-0.15, -0.1) is 0 Å². The van der Waals surface area contributed by atoms with Crippen molar-refractivity contribution in [3.63, 3.8) is 0 Å². The summed E-state index contributed by atoms with van der Waals surface area (Å²) >= 11 is 0. The first-order chi connectivity index (χ1) is 14.0. The highest BCUT2D eigenvalue weighted by Crippen LogP contribution is 2.26. The Labute approximate surface area is 176 Å². The van der Waals surface area contributed by atoms with Gasteiger partial charge in [0.1, 0.15) is 24.2 Å². The van der Waals surface area contributed by atoms with E-state index in [0.717, 1.165) is 0 Å². The fourth-order valence-electron chi connectivity index (χ4n) is 4.14. The lowest BCUT2D eigenvalue weighted by Crippen LogP contribution is -2.57. The van der Waals surface area contributed by atoms with Crippen molar-refractivity contribution in [2.75, 3.05) is 13.1 Å². The molecule has 0 aromatic rings. The van der Waals surface area contributed by atoms with Gasteiger partial charge in [0, 0.05) is 13.1 Å². The first-order valence-corrected chi connectivity index (χ1v) is 10.6. The minimum atomic E-state index is -1.11. The Morgan fingerprint density at radius 2 is 1.60 bits per heavy atom. The second-order valence-corrected chi connectivity index (χ2v) is 8.67. The van der Waals surface area contributed by atoms with Crippen LogP contribution in [-0.4, -0.2) is 87.1 Å². The van der Waals surface area contributed by atoms with E-state index < -0.39 is 48.1 Å². The molecule has 0 aromatic carbocycles. The van der Waals surface area contributed by atoms with E-state index >= 15 is 0 Å². The SMILES string of the molecule is CC(C)CC(NC(=O)C1CCCN1C(=O)C1CCCN1C(=O)C(N)C(C)O)C(=O)O. The van der Waals surface area contributed by atoms with Crippen molar-refractivity contribution in [3.8, 4) is 0 Å². The summed E-state index contributed by atoms with van der Waals surface area (Å²) in [5, 5.41) is 21.6. The molecule has 2 aliphatic rings. The lowest BCUT2D eigenvalue weighted by molar-refractivity contribution is -0.149. The molecule has 2 fully saturated rings. The van der Waals surface area contributed by atoms with E-state index in [1.165, 1.54) is 16.7 Å². The van der Waals surface area contributed by atoms with Gasteiger partial charge in [-0.05, 0) is 44.9 Å². The number of nitrogens with two attached hydrogens (primary N) is 1. The van der Waals surface area contributed by atoms with Gasteiger partial charge < -0.3 is 31.1 Å². The minimum absolute atomic E-state index is 0.0869. The molecule has 2 heterocycles. The largest absolute Gasteiger partial charge is 0.480 e. The first kappa shape index (κ1) is 24.1. The van der Waals surface area contributed by atoms with Gasteiger partial charge in [-0.25, -0.2) is 4.79 Å². The van der Waals surface area contributed by atoms with Crippen molar-refractivity contribution in [1.29, 1.82) is 0 Å². The monoisotopic (exact) mass is 426 g/mol. The van der Waals surface area contributed by atoms with Gasteiger partial charge in [-0.2, -0.15) is 0 Å². The number of aliphatic hydroxyl groups excluding tert-OH is 1. The zero-order chi connectivity index (χ0) is 22.6. The van der Waals surface area contributed by atoms with Crippen LogP contribution in [0.5, 0.6) is 0 Å². The van der Waals surface area contributed by atoms with Crippen LogP contribution >= 0.6 is 0 Å². The highest BCUT2D eigenvalue weighted by Gasteiger charge is 2.43. The second-order valence-electron chi connectivity index (χ2n) is 8.67. The fourth-order valence-corrected chi connectivity index (χ4v) is 4.14. The van der Waals surface area contributed by atoms with Crippen LogP contribution in [-0.2, 0) is 19.2 Å². The maximum atomic E-state index is 13.2. The topological polar surface area (TPSA) is 153 Å². The molecular weight excluding hydrogens is 392 g/mol. The highest BCUT2D eigenvalue weighted by molar-refractivity contribution is 5.95. The third kappa shape index (κ3) is 5.48. The van der Waals surface area contributed by atoms with Gasteiger partial charge in [0.25, 0.3) is 0 Å². The Bertz CT molecular complexity index is 668. The molecule has 5 N–H and O–H groups in total. The molecule has 0 radical (unpaired) electrons. The van der Waals surface area contributed by atoms with E-state index in [4.69, 9.17) is 5.73 Å². The van der Waals surface area contributed by atoms with Gasteiger partial charge in [-0.1, -0.05) is 13.8 Å². The van der Waals surface area contributed by atoms with Gasteiger partial charge in [0.15, 0.2) is 0 Å². The number of carbonyl (C=O) groups is 4. The smallest absolute Gasteiger partial charge is 0.326 e. The number of carbonyl (C=O) groups excluding carboxylic acids is 3. The summed E-state index contributed by atoms with van der Waals surface area (Å²) in [7, 11) is 0. The van der Waals surface area contributed by atoms with E-state index in [0.29, 0.717) is 45.2 Å². The van der Waals surface area contributed by atoms with Crippen molar-refractivity contribution >= 4 is 23.7 Å². The average Bonchev–Trinajstić information content (AvgIpc) is 3.34. The molecule has 5 atom stereocenters. The molecule has 10 nitrogen and oxygen atoms in total. The normalized spacial score (nSPS) is 24.6. The summed E-state index contributed by atoms with van der Waals surface area (Å²) < 4.78 is 0. The Hall–Kier alpha value is -2.20. The van der Waals surface area contributed by atoms with Crippen LogP contribution in [0.4, 0.5) is 0 Å². The molecule has 0 aliphatic carbocycles. The van der Waals surface area contributed by atoms with Gasteiger partial charge in [-0.3, -0.25) is 14.4 Å². The molecular formula is C20H34N4O6. The van der Waals surface area contributed by atoms with Gasteiger partial charge in [0.2, 0.25) is 17.7 Å². The van der Waals surface area contributed by atoms with E-state index in [1.807, 2.05) is 13.8 Å². The maximum absolute atomic E-state index is 13.2. The molecule has 170 valence electrons. The van der Waals surface area contributed by atoms with E-state index in [9.17, 15) is 29.4 Å². The summed E-state index contributed by atoms with van der Waals surface area (Å²) in [6, 6.07) is -3.59. The van der Waals surface area contributed by atoms with Crippen molar-refractivity contribution in [1.82, 2.24) is 15.1 Å². The molecule has 0 aromatic heterocycles. The van der Waals surface area contributed by atoms with E-state index in [-0.39, 0.29) is 11.8 Å². The number of carboxylic acid groups (broad SMARTS) is 1. The number of rotatable bonds is 8. The zero-order valence-corrected chi connectivity index (χ0v) is 17.9. The van der Waals surface area contributed by atoms with Crippen molar-refractivity contribution in [2.45, 2.75) is 83.1 Å². The molecule has 0 spiro atoms. The van der Waals surface area contributed by atoms with Crippen LogP contribution in [0.2, 0.25) is 0 Å². The summed E-state index contributed by atoms with van der Waals surface area (Å²) in [6.45, 7) is 5.91. The van der Waals surface area contributed by atoms with Crippen LogP contribution in [0.3, 0.4) is 0 Å². The Morgan fingerprint density at radius 1 is 1.03 bits per heavy atom. The van der Waals surface area contributed by atoms with Gasteiger partial charge in [0.05, 0.1) is 6.10 Å². The summed E-state index contributed by atoms with van der Waals surface area (Å²) in [6.07, 6.45) is 1.43. The number of hydrogen-bond donors (Lipinski definition) is 4. The quantitative estimate of drug-likeness (QED) is 0.400. The maximum Gasteiger partial charge on any atom is 0.326 e. The Morgan fingerprint density at radius 3 is 2.13 bits per heavy atom. The third-order valence-electron chi connectivity index (χ3n) is 5.79. The van der Waals surface area contributed by atoms with Crippen molar-refractivity contribution in [3.05, 3.63) is 0 Å². The van der Waals surface area contributed by atoms with Crippen molar-refractivity contribution in [2.24, 2.45) is 11.7 Å². The minimum Gasteiger partial charge on any atom is -0.480 e. The molecule has 30 heavy (non-hydrogen) atoms. The summed E-state index contributed by atoms with van der Waals surface area (Å²) in [4.78, 5) is 52.9. The van der Waals surface area contributed by atoms with E-state index in [1.54, 1.807) is 0 Å². The van der Waals surface area contributed by atoms with E-state index in [2.05, 4.69) is 5.32 Å². The van der Waals surface area contributed by atoms with Crippen LogP contribution in [0.15, 0.2) is 0 Å².